The van der Waals surface area contributed by atoms with Crippen molar-refractivity contribution in [3.05, 3.63) is 74.8 Å². The number of rotatable bonds is 3. The van der Waals surface area contributed by atoms with Crippen LogP contribution in [0.25, 0.3) is 10.9 Å². The van der Waals surface area contributed by atoms with Crippen molar-refractivity contribution in [3.8, 4) is 0 Å². The number of nitrogens with zero attached hydrogens (tertiary/aromatic N) is 1. The van der Waals surface area contributed by atoms with Gasteiger partial charge in [0.1, 0.15) is 6.04 Å². The van der Waals surface area contributed by atoms with Crippen molar-refractivity contribution in [1.82, 2.24) is 14.9 Å². The lowest BCUT2D eigenvalue weighted by molar-refractivity contribution is -0.124. The Bertz CT molecular complexity index is 1130. The lowest BCUT2D eigenvalue weighted by atomic mass is 9.87. The molecule has 2 aromatic carbocycles. The molecule has 27 heavy (non-hydrogen) atoms. The van der Waals surface area contributed by atoms with Crippen molar-refractivity contribution in [1.29, 1.82) is 0 Å². The number of aryl methyl sites for hydroxylation is 1. The van der Waals surface area contributed by atoms with E-state index in [1.807, 2.05) is 18.2 Å². The minimum Gasteiger partial charge on any atom is -0.347 e. The molecule has 1 aliphatic carbocycles. The number of para-hydroxylation sites is 1. The number of carbonyl (C=O) groups is 1. The summed E-state index contributed by atoms with van der Waals surface area (Å²) in [5, 5.41) is 3.64. The smallest absolute Gasteiger partial charge is 0.262 e. The molecule has 3 aromatic rings. The first-order valence-electron chi connectivity index (χ1n) is 9.18. The zero-order valence-electron chi connectivity index (χ0n) is 15.1. The van der Waals surface area contributed by atoms with E-state index < -0.39 is 6.04 Å². The van der Waals surface area contributed by atoms with Gasteiger partial charge >= 0.3 is 0 Å². The quantitative estimate of drug-likeness (QED) is 0.680. The van der Waals surface area contributed by atoms with Crippen LogP contribution in [0.2, 0.25) is 0 Å². The topological polar surface area (TPSA) is 66.9 Å². The molecule has 0 radical (unpaired) electrons. The molecule has 0 saturated carbocycles. The van der Waals surface area contributed by atoms with Gasteiger partial charge in [-0.1, -0.05) is 36.4 Å². The van der Waals surface area contributed by atoms with Crippen molar-refractivity contribution in [2.45, 2.75) is 38.3 Å². The first-order valence-corrected chi connectivity index (χ1v) is 9.59. The summed E-state index contributed by atoms with van der Waals surface area (Å²) in [6.07, 6.45) is 2.97. The van der Waals surface area contributed by atoms with Crippen LogP contribution in [0.4, 0.5) is 0 Å². The summed E-state index contributed by atoms with van der Waals surface area (Å²) in [7, 11) is 0. The van der Waals surface area contributed by atoms with E-state index in [1.54, 1.807) is 25.1 Å². The van der Waals surface area contributed by atoms with Gasteiger partial charge in [0.05, 0.1) is 16.9 Å². The number of aromatic nitrogens is 2. The Hall–Kier alpha value is -2.73. The second kappa shape index (κ2) is 7.12. The molecule has 0 unspecified atom stereocenters. The highest BCUT2D eigenvalue weighted by molar-refractivity contribution is 7.71. The van der Waals surface area contributed by atoms with E-state index in [0.717, 1.165) is 19.3 Å². The Balaban J connectivity index is 1.65. The lowest BCUT2D eigenvalue weighted by Crippen LogP contribution is -2.39. The van der Waals surface area contributed by atoms with Crippen LogP contribution < -0.4 is 10.9 Å². The average molecular weight is 379 g/mol. The van der Waals surface area contributed by atoms with Gasteiger partial charge in [0.2, 0.25) is 5.91 Å². The molecule has 0 fully saturated rings. The standard InChI is InChI=1S/C21H21N3O2S/c1-13(24-20(26)16-10-4-5-11-18(16)23-21(24)27)19(25)22-17-12-6-8-14-7-2-3-9-15(14)17/h2-5,7,9-11,13,17H,6,8,12H2,1H3,(H,22,25)(H,23,27)/t13-,17+/m0/s1. The van der Waals surface area contributed by atoms with Gasteiger partial charge in [-0.15, -0.1) is 0 Å². The van der Waals surface area contributed by atoms with Gasteiger partial charge < -0.3 is 10.3 Å². The summed E-state index contributed by atoms with van der Waals surface area (Å²) >= 11 is 5.36. The van der Waals surface area contributed by atoms with Crippen molar-refractivity contribution < 1.29 is 4.79 Å². The third-order valence-electron chi connectivity index (χ3n) is 5.29. The summed E-state index contributed by atoms with van der Waals surface area (Å²) in [4.78, 5) is 28.9. The molecule has 0 saturated heterocycles. The summed E-state index contributed by atoms with van der Waals surface area (Å²) in [5.41, 5.74) is 2.88. The highest BCUT2D eigenvalue weighted by atomic mass is 32.1. The summed E-state index contributed by atoms with van der Waals surface area (Å²) in [5.74, 6) is -0.200. The molecule has 1 aliphatic rings. The van der Waals surface area contributed by atoms with E-state index in [2.05, 4.69) is 22.4 Å². The summed E-state index contributed by atoms with van der Waals surface area (Å²) in [6.45, 7) is 1.71. The minimum atomic E-state index is -0.694. The molecule has 138 valence electrons. The maximum absolute atomic E-state index is 12.9. The van der Waals surface area contributed by atoms with Gasteiger partial charge in [-0.25, -0.2) is 0 Å². The zero-order chi connectivity index (χ0) is 19.0. The van der Waals surface area contributed by atoms with E-state index in [-0.39, 0.29) is 22.3 Å². The third kappa shape index (κ3) is 3.21. The second-order valence-electron chi connectivity index (χ2n) is 6.98. The highest BCUT2D eigenvalue weighted by Gasteiger charge is 2.25. The number of hydrogen-bond acceptors (Lipinski definition) is 3. The maximum Gasteiger partial charge on any atom is 0.262 e. The molecule has 0 aliphatic heterocycles. The molecule has 1 amide bonds. The fraction of sp³-hybridized carbons (Fsp3) is 0.286. The third-order valence-corrected chi connectivity index (χ3v) is 5.59. The summed E-state index contributed by atoms with van der Waals surface area (Å²) in [6, 6.07) is 14.7. The van der Waals surface area contributed by atoms with E-state index in [0.29, 0.717) is 10.9 Å². The number of carbonyl (C=O) groups excluding carboxylic acids is 1. The molecule has 1 heterocycles. The second-order valence-corrected chi connectivity index (χ2v) is 7.37. The number of nitrogens with one attached hydrogen (secondary N) is 2. The van der Waals surface area contributed by atoms with E-state index in [1.165, 1.54) is 15.7 Å². The predicted octanol–water partition coefficient (Wildman–Crippen LogP) is 3.81. The van der Waals surface area contributed by atoms with Crippen LogP contribution in [0.3, 0.4) is 0 Å². The van der Waals surface area contributed by atoms with Gasteiger partial charge in [-0.05, 0) is 61.7 Å². The molecule has 0 spiro atoms. The molecular weight excluding hydrogens is 358 g/mol. The molecule has 4 rings (SSSR count). The van der Waals surface area contributed by atoms with Crippen LogP contribution in [0, 0.1) is 4.77 Å². The van der Waals surface area contributed by atoms with Crippen LogP contribution in [-0.4, -0.2) is 15.5 Å². The number of H-pyrrole nitrogens is 1. The first kappa shape index (κ1) is 17.7. The van der Waals surface area contributed by atoms with Crippen molar-refractivity contribution >= 4 is 29.0 Å². The van der Waals surface area contributed by atoms with Crippen LogP contribution in [0.15, 0.2) is 53.3 Å². The number of amides is 1. The van der Waals surface area contributed by atoms with Gasteiger partial charge in [0, 0.05) is 0 Å². The van der Waals surface area contributed by atoms with Gasteiger partial charge in [0.15, 0.2) is 4.77 Å². The number of aromatic amines is 1. The normalized spacial score (nSPS) is 17.3. The molecule has 2 N–H and O–H groups in total. The Morgan fingerprint density at radius 2 is 1.96 bits per heavy atom. The SMILES string of the molecule is C[C@@H](C(=O)N[C@@H]1CCCc2ccccc21)n1c(=S)[nH]c2ccccc2c1=O. The van der Waals surface area contributed by atoms with E-state index in [9.17, 15) is 9.59 Å². The Kier molecular flexibility index (Phi) is 4.66. The Morgan fingerprint density at radius 1 is 1.22 bits per heavy atom. The van der Waals surface area contributed by atoms with Crippen molar-refractivity contribution in [2.75, 3.05) is 0 Å². The van der Waals surface area contributed by atoms with E-state index in [4.69, 9.17) is 12.2 Å². The van der Waals surface area contributed by atoms with Crippen LogP contribution in [-0.2, 0) is 11.2 Å². The maximum atomic E-state index is 12.9. The van der Waals surface area contributed by atoms with Crippen LogP contribution in [0.5, 0.6) is 0 Å². The van der Waals surface area contributed by atoms with Gasteiger partial charge in [-0.3, -0.25) is 14.2 Å². The van der Waals surface area contributed by atoms with Crippen LogP contribution in [0.1, 0.15) is 43.0 Å². The monoisotopic (exact) mass is 379 g/mol. The minimum absolute atomic E-state index is 0.0291. The number of fused-ring (bicyclic) bond motifs is 2. The Morgan fingerprint density at radius 3 is 2.81 bits per heavy atom. The highest BCUT2D eigenvalue weighted by Crippen LogP contribution is 2.29. The molecule has 5 nitrogen and oxygen atoms in total. The fourth-order valence-corrected chi connectivity index (χ4v) is 4.19. The largest absolute Gasteiger partial charge is 0.347 e. The zero-order valence-corrected chi connectivity index (χ0v) is 15.9. The molecule has 6 heteroatoms. The molecule has 1 aromatic heterocycles. The molecular formula is C21H21N3O2S. The van der Waals surface area contributed by atoms with Crippen molar-refractivity contribution in [3.63, 3.8) is 0 Å². The Labute approximate surface area is 162 Å². The van der Waals surface area contributed by atoms with Gasteiger partial charge in [-0.2, -0.15) is 0 Å². The molecule has 2 atom stereocenters. The van der Waals surface area contributed by atoms with Crippen LogP contribution >= 0.6 is 12.2 Å². The van der Waals surface area contributed by atoms with Gasteiger partial charge in [0.25, 0.3) is 5.56 Å². The fourth-order valence-electron chi connectivity index (χ4n) is 3.84. The predicted molar refractivity (Wildman–Crippen MR) is 108 cm³/mol. The number of hydrogen-bond donors (Lipinski definition) is 2. The average Bonchev–Trinajstić information content (AvgIpc) is 2.68. The summed E-state index contributed by atoms with van der Waals surface area (Å²) < 4.78 is 1.62. The van der Waals surface area contributed by atoms with E-state index >= 15 is 0 Å². The molecule has 0 bridgehead atoms. The first-order chi connectivity index (χ1) is 13.1. The lowest BCUT2D eigenvalue weighted by Gasteiger charge is -2.28. The number of benzene rings is 2. The van der Waals surface area contributed by atoms with Crippen molar-refractivity contribution in [2.24, 2.45) is 0 Å².